The minimum Gasteiger partial charge on any atom is -0.356 e. The predicted octanol–water partition coefficient (Wildman–Crippen LogP) is 3.88. The van der Waals surface area contributed by atoms with Crippen LogP contribution in [0.5, 0.6) is 0 Å². The summed E-state index contributed by atoms with van der Waals surface area (Å²) in [5, 5.41) is 6.49. The molecule has 1 aliphatic rings. The summed E-state index contributed by atoms with van der Waals surface area (Å²) in [6.45, 7) is 3.70. The standard InChI is InChI=1S/C17H28F3N5.HI/c1-13-22-10-12-25(13)11-4-3-9-23-16(21-2)24-15-7-5-14(6-8-15)17(18,19)20;/h10,12,14-15H,3-9,11H2,1-2H3,(H2,21,23,24);1H. The van der Waals surface area contributed by atoms with E-state index in [0.717, 1.165) is 31.8 Å². The highest BCUT2D eigenvalue weighted by Gasteiger charge is 2.41. The van der Waals surface area contributed by atoms with E-state index in [1.807, 2.05) is 13.1 Å². The zero-order valence-corrected chi connectivity index (χ0v) is 17.7. The summed E-state index contributed by atoms with van der Waals surface area (Å²) in [4.78, 5) is 8.36. The number of hydrogen-bond donors (Lipinski definition) is 2. The summed E-state index contributed by atoms with van der Waals surface area (Å²) in [5.74, 6) is 0.543. The number of imidazole rings is 1. The van der Waals surface area contributed by atoms with Crippen molar-refractivity contribution in [2.24, 2.45) is 10.9 Å². The van der Waals surface area contributed by atoms with Crippen molar-refractivity contribution in [3.05, 3.63) is 18.2 Å². The van der Waals surface area contributed by atoms with Crippen LogP contribution in [0, 0.1) is 12.8 Å². The molecule has 1 saturated carbocycles. The Kier molecular flexibility index (Phi) is 9.73. The topological polar surface area (TPSA) is 54.2 Å². The maximum atomic E-state index is 12.7. The number of aliphatic imine (C=N–C) groups is 1. The number of aryl methyl sites for hydroxylation is 2. The Balaban J connectivity index is 0.00000338. The Bertz CT molecular complexity index is 551. The quantitative estimate of drug-likeness (QED) is 0.277. The number of guanidine groups is 1. The molecule has 1 aliphatic carbocycles. The van der Waals surface area contributed by atoms with Gasteiger partial charge in [-0.15, -0.1) is 24.0 Å². The van der Waals surface area contributed by atoms with Crippen LogP contribution < -0.4 is 10.6 Å². The van der Waals surface area contributed by atoms with Crippen LogP contribution in [-0.4, -0.2) is 41.3 Å². The molecule has 0 unspecified atom stereocenters. The molecule has 0 amide bonds. The first-order chi connectivity index (χ1) is 11.9. The molecule has 1 aromatic heterocycles. The fourth-order valence-electron chi connectivity index (χ4n) is 3.21. The molecule has 1 aromatic rings. The molecule has 0 aromatic carbocycles. The average Bonchev–Trinajstić information content (AvgIpc) is 2.98. The van der Waals surface area contributed by atoms with Crippen LogP contribution in [0.1, 0.15) is 44.3 Å². The monoisotopic (exact) mass is 487 g/mol. The second-order valence-electron chi connectivity index (χ2n) is 6.61. The molecule has 1 heterocycles. The molecule has 0 aliphatic heterocycles. The van der Waals surface area contributed by atoms with Gasteiger partial charge in [-0.3, -0.25) is 4.99 Å². The highest BCUT2D eigenvalue weighted by atomic mass is 127. The molecule has 0 bridgehead atoms. The van der Waals surface area contributed by atoms with Crippen LogP contribution in [-0.2, 0) is 6.54 Å². The highest BCUT2D eigenvalue weighted by Crippen LogP contribution is 2.37. The molecule has 9 heteroatoms. The lowest BCUT2D eigenvalue weighted by Crippen LogP contribution is -2.46. The van der Waals surface area contributed by atoms with Crippen molar-refractivity contribution in [3.63, 3.8) is 0 Å². The van der Waals surface area contributed by atoms with Gasteiger partial charge in [-0.25, -0.2) is 4.98 Å². The molecule has 0 atom stereocenters. The van der Waals surface area contributed by atoms with E-state index in [4.69, 9.17) is 0 Å². The summed E-state index contributed by atoms with van der Waals surface area (Å²) in [6.07, 6.45) is 3.18. The fraction of sp³-hybridized carbons (Fsp3) is 0.765. The lowest BCUT2D eigenvalue weighted by atomic mass is 9.85. The number of alkyl halides is 3. The molecule has 0 saturated heterocycles. The summed E-state index contributed by atoms with van der Waals surface area (Å²) in [7, 11) is 1.69. The SMILES string of the molecule is CN=C(NCCCCn1ccnc1C)NC1CCC(C(F)(F)F)CC1.I. The van der Waals surface area contributed by atoms with Crippen molar-refractivity contribution < 1.29 is 13.2 Å². The lowest BCUT2D eigenvalue weighted by molar-refractivity contribution is -0.182. The number of nitrogens with one attached hydrogen (secondary N) is 2. The first kappa shape index (κ1) is 23.0. The van der Waals surface area contributed by atoms with Crippen LogP contribution in [0.25, 0.3) is 0 Å². The van der Waals surface area contributed by atoms with Crippen molar-refractivity contribution in [3.8, 4) is 0 Å². The van der Waals surface area contributed by atoms with E-state index < -0.39 is 12.1 Å². The largest absolute Gasteiger partial charge is 0.391 e. The lowest BCUT2D eigenvalue weighted by Gasteiger charge is -2.31. The second kappa shape index (κ2) is 11.0. The van der Waals surface area contributed by atoms with Gasteiger partial charge in [-0.1, -0.05) is 0 Å². The van der Waals surface area contributed by atoms with Gasteiger partial charge in [0.1, 0.15) is 5.82 Å². The van der Waals surface area contributed by atoms with Gasteiger partial charge in [-0.2, -0.15) is 13.2 Å². The number of unbranched alkanes of at least 4 members (excludes halogenated alkanes) is 1. The fourth-order valence-corrected chi connectivity index (χ4v) is 3.21. The average molecular weight is 487 g/mol. The molecule has 26 heavy (non-hydrogen) atoms. The number of rotatable bonds is 6. The van der Waals surface area contributed by atoms with E-state index in [9.17, 15) is 13.2 Å². The smallest absolute Gasteiger partial charge is 0.356 e. The van der Waals surface area contributed by atoms with E-state index in [-0.39, 0.29) is 42.9 Å². The van der Waals surface area contributed by atoms with Crippen LogP contribution in [0.2, 0.25) is 0 Å². The summed E-state index contributed by atoms with van der Waals surface area (Å²) >= 11 is 0. The first-order valence-corrected chi connectivity index (χ1v) is 8.91. The molecule has 2 N–H and O–H groups in total. The Labute approximate surface area is 170 Å². The van der Waals surface area contributed by atoms with Gasteiger partial charge in [-0.05, 0) is 45.4 Å². The maximum absolute atomic E-state index is 12.7. The van der Waals surface area contributed by atoms with Gasteiger partial charge in [0.2, 0.25) is 0 Å². The van der Waals surface area contributed by atoms with E-state index in [0.29, 0.717) is 18.8 Å². The summed E-state index contributed by atoms with van der Waals surface area (Å²) in [6, 6.07) is 0.0680. The van der Waals surface area contributed by atoms with Gasteiger partial charge < -0.3 is 15.2 Å². The summed E-state index contributed by atoms with van der Waals surface area (Å²) < 4.78 is 40.2. The Morgan fingerprint density at radius 2 is 1.96 bits per heavy atom. The normalized spacial score (nSPS) is 21.2. The third-order valence-corrected chi connectivity index (χ3v) is 4.80. The van der Waals surface area contributed by atoms with E-state index >= 15 is 0 Å². The van der Waals surface area contributed by atoms with E-state index in [1.54, 1.807) is 13.2 Å². The molecular formula is C17H29F3IN5. The van der Waals surface area contributed by atoms with E-state index in [2.05, 4.69) is 25.2 Å². The molecule has 150 valence electrons. The van der Waals surface area contributed by atoms with Gasteiger partial charge in [0.15, 0.2) is 5.96 Å². The molecule has 5 nitrogen and oxygen atoms in total. The Morgan fingerprint density at radius 1 is 1.27 bits per heavy atom. The van der Waals surface area contributed by atoms with E-state index in [1.165, 1.54) is 0 Å². The predicted molar refractivity (Wildman–Crippen MR) is 108 cm³/mol. The highest BCUT2D eigenvalue weighted by molar-refractivity contribution is 14.0. The molecule has 0 radical (unpaired) electrons. The van der Waals surface area contributed by atoms with Crippen molar-refractivity contribution in [2.45, 2.75) is 64.2 Å². The van der Waals surface area contributed by atoms with Crippen LogP contribution >= 0.6 is 24.0 Å². The van der Waals surface area contributed by atoms with Crippen molar-refractivity contribution in [1.82, 2.24) is 20.2 Å². The zero-order valence-electron chi connectivity index (χ0n) is 15.4. The third-order valence-electron chi connectivity index (χ3n) is 4.80. The maximum Gasteiger partial charge on any atom is 0.391 e. The van der Waals surface area contributed by atoms with Gasteiger partial charge >= 0.3 is 6.18 Å². The van der Waals surface area contributed by atoms with Gasteiger partial charge in [0.05, 0.1) is 5.92 Å². The summed E-state index contributed by atoms with van der Waals surface area (Å²) in [5.41, 5.74) is 0. The third kappa shape index (κ3) is 7.32. The van der Waals surface area contributed by atoms with Crippen molar-refractivity contribution in [2.75, 3.05) is 13.6 Å². The molecular weight excluding hydrogens is 458 g/mol. The van der Waals surface area contributed by atoms with Crippen LogP contribution in [0.3, 0.4) is 0 Å². The molecule has 1 fully saturated rings. The van der Waals surface area contributed by atoms with Crippen molar-refractivity contribution in [1.29, 1.82) is 0 Å². The first-order valence-electron chi connectivity index (χ1n) is 8.91. The number of aromatic nitrogens is 2. The minimum absolute atomic E-state index is 0. The van der Waals surface area contributed by atoms with Gasteiger partial charge in [0.25, 0.3) is 0 Å². The number of hydrogen-bond acceptors (Lipinski definition) is 2. The molecule has 2 rings (SSSR count). The van der Waals surface area contributed by atoms with Gasteiger partial charge in [0, 0.05) is 38.6 Å². The Hall–Kier alpha value is -1.00. The van der Waals surface area contributed by atoms with Crippen molar-refractivity contribution >= 4 is 29.9 Å². The Morgan fingerprint density at radius 3 is 2.50 bits per heavy atom. The van der Waals surface area contributed by atoms with Crippen LogP contribution in [0.4, 0.5) is 13.2 Å². The molecule has 0 spiro atoms. The number of nitrogens with zero attached hydrogens (tertiary/aromatic N) is 3. The zero-order chi connectivity index (χ0) is 18.3. The van der Waals surface area contributed by atoms with Crippen LogP contribution in [0.15, 0.2) is 17.4 Å². The number of halogens is 4. The minimum atomic E-state index is -4.06. The second-order valence-corrected chi connectivity index (χ2v) is 6.61.